The molecule has 1 unspecified atom stereocenters. The summed E-state index contributed by atoms with van der Waals surface area (Å²) in [5.41, 5.74) is 2.35. The molecule has 0 aliphatic rings. The van der Waals surface area contributed by atoms with Crippen LogP contribution >= 0.6 is 0 Å². The van der Waals surface area contributed by atoms with Crippen molar-refractivity contribution < 1.29 is 9.53 Å². The summed E-state index contributed by atoms with van der Waals surface area (Å²) < 4.78 is 4.65. The molecule has 1 aromatic heterocycles. The van der Waals surface area contributed by atoms with Gasteiger partial charge in [0.15, 0.2) is 0 Å². The number of carbonyl (C=O) groups excluding carboxylic acids is 1. The molecule has 0 aromatic carbocycles. The van der Waals surface area contributed by atoms with E-state index in [9.17, 15) is 4.79 Å². The zero-order chi connectivity index (χ0) is 12.0. The predicted octanol–water partition coefficient (Wildman–Crippen LogP) is 1.29. The fraction of sp³-hybridized carbons (Fsp3) is 0.500. The number of esters is 1. The van der Waals surface area contributed by atoms with E-state index in [1.165, 1.54) is 12.7 Å². The van der Waals surface area contributed by atoms with Crippen molar-refractivity contribution in [3.63, 3.8) is 0 Å². The molecule has 1 atom stereocenters. The summed E-state index contributed by atoms with van der Waals surface area (Å²) in [6.07, 6.45) is 3.61. The highest BCUT2D eigenvalue weighted by molar-refractivity contribution is 5.72. The van der Waals surface area contributed by atoms with E-state index in [4.69, 9.17) is 0 Å². The molecule has 0 radical (unpaired) electrons. The molecule has 0 bridgehead atoms. The molecular weight excluding hydrogens is 204 g/mol. The van der Waals surface area contributed by atoms with Crippen LogP contribution in [0.15, 0.2) is 18.5 Å². The number of methoxy groups -OCH3 is 1. The van der Waals surface area contributed by atoms with Gasteiger partial charge in [-0.1, -0.05) is 6.92 Å². The standard InChI is InChI=1S/C12H18N2O2/c1-9-4-5-13-7-11(9)8-14-6-10(2)12(15)16-3/h4-5,7,10,14H,6,8H2,1-3H3. The third-order valence-corrected chi connectivity index (χ3v) is 2.52. The van der Waals surface area contributed by atoms with E-state index >= 15 is 0 Å². The van der Waals surface area contributed by atoms with Crippen molar-refractivity contribution in [3.8, 4) is 0 Å². The molecule has 4 heteroatoms. The van der Waals surface area contributed by atoms with Crippen molar-refractivity contribution in [1.82, 2.24) is 10.3 Å². The van der Waals surface area contributed by atoms with Crippen molar-refractivity contribution in [2.45, 2.75) is 20.4 Å². The Morgan fingerprint density at radius 2 is 2.38 bits per heavy atom. The van der Waals surface area contributed by atoms with E-state index in [0.29, 0.717) is 6.54 Å². The molecule has 0 fully saturated rings. The average molecular weight is 222 g/mol. The van der Waals surface area contributed by atoms with Crippen LogP contribution in [0.4, 0.5) is 0 Å². The number of rotatable bonds is 5. The molecule has 0 aliphatic carbocycles. The van der Waals surface area contributed by atoms with Crippen molar-refractivity contribution >= 4 is 5.97 Å². The van der Waals surface area contributed by atoms with Crippen LogP contribution in [0.1, 0.15) is 18.1 Å². The number of hydrogen-bond acceptors (Lipinski definition) is 4. The maximum atomic E-state index is 11.1. The second-order valence-electron chi connectivity index (χ2n) is 3.86. The highest BCUT2D eigenvalue weighted by Gasteiger charge is 2.11. The molecule has 1 aromatic rings. The van der Waals surface area contributed by atoms with Gasteiger partial charge in [0.2, 0.25) is 0 Å². The van der Waals surface area contributed by atoms with Crippen molar-refractivity contribution in [2.24, 2.45) is 5.92 Å². The topological polar surface area (TPSA) is 51.2 Å². The lowest BCUT2D eigenvalue weighted by Crippen LogP contribution is -2.27. The molecule has 0 saturated carbocycles. The third kappa shape index (κ3) is 3.62. The van der Waals surface area contributed by atoms with Crippen LogP contribution in [0.3, 0.4) is 0 Å². The molecule has 0 spiro atoms. The van der Waals surface area contributed by atoms with Gasteiger partial charge < -0.3 is 10.1 Å². The van der Waals surface area contributed by atoms with Gasteiger partial charge in [0, 0.05) is 25.5 Å². The van der Waals surface area contributed by atoms with Gasteiger partial charge in [-0.2, -0.15) is 0 Å². The van der Waals surface area contributed by atoms with E-state index in [-0.39, 0.29) is 11.9 Å². The number of ether oxygens (including phenoxy) is 1. The molecule has 16 heavy (non-hydrogen) atoms. The fourth-order valence-corrected chi connectivity index (χ4v) is 1.39. The zero-order valence-electron chi connectivity index (χ0n) is 9.99. The van der Waals surface area contributed by atoms with Crippen LogP contribution in [0.25, 0.3) is 0 Å². The number of nitrogens with zero attached hydrogens (tertiary/aromatic N) is 1. The Balaban J connectivity index is 2.36. The molecule has 4 nitrogen and oxygen atoms in total. The largest absolute Gasteiger partial charge is 0.469 e. The Morgan fingerprint density at radius 3 is 3.00 bits per heavy atom. The Morgan fingerprint density at radius 1 is 1.62 bits per heavy atom. The fourth-order valence-electron chi connectivity index (χ4n) is 1.39. The smallest absolute Gasteiger partial charge is 0.309 e. The maximum Gasteiger partial charge on any atom is 0.309 e. The Hall–Kier alpha value is -1.42. The summed E-state index contributed by atoms with van der Waals surface area (Å²) in [4.78, 5) is 15.2. The molecule has 0 saturated heterocycles. The van der Waals surface area contributed by atoms with Crippen LogP contribution in [0.2, 0.25) is 0 Å². The van der Waals surface area contributed by atoms with Crippen LogP contribution in [-0.2, 0) is 16.1 Å². The second-order valence-corrected chi connectivity index (χ2v) is 3.86. The lowest BCUT2D eigenvalue weighted by Gasteiger charge is -2.11. The van der Waals surface area contributed by atoms with E-state index < -0.39 is 0 Å². The number of carbonyl (C=O) groups is 1. The number of hydrogen-bond donors (Lipinski definition) is 1. The molecule has 1 N–H and O–H groups in total. The number of pyridine rings is 1. The number of aromatic nitrogens is 1. The van der Waals surface area contributed by atoms with Gasteiger partial charge >= 0.3 is 5.97 Å². The summed E-state index contributed by atoms with van der Waals surface area (Å²) in [7, 11) is 1.41. The highest BCUT2D eigenvalue weighted by atomic mass is 16.5. The SMILES string of the molecule is COC(=O)C(C)CNCc1cnccc1C. The predicted molar refractivity (Wildman–Crippen MR) is 61.9 cm³/mol. The van der Waals surface area contributed by atoms with Gasteiger partial charge in [-0.25, -0.2) is 0 Å². The summed E-state index contributed by atoms with van der Waals surface area (Å²) in [5.74, 6) is -0.308. The number of nitrogens with one attached hydrogen (secondary N) is 1. The molecular formula is C12H18N2O2. The first-order valence-corrected chi connectivity index (χ1v) is 5.33. The Kier molecular flexibility index (Phi) is 4.92. The first-order valence-electron chi connectivity index (χ1n) is 5.33. The van der Waals surface area contributed by atoms with E-state index in [2.05, 4.69) is 15.0 Å². The lowest BCUT2D eigenvalue weighted by atomic mass is 10.1. The Labute approximate surface area is 96.0 Å². The van der Waals surface area contributed by atoms with E-state index in [0.717, 1.165) is 12.1 Å². The summed E-state index contributed by atoms with van der Waals surface area (Å²) in [5, 5.41) is 3.22. The first kappa shape index (κ1) is 12.6. The quantitative estimate of drug-likeness (QED) is 0.763. The second kappa shape index (κ2) is 6.23. The van der Waals surface area contributed by atoms with Gasteiger partial charge in [0.05, 0.1) is 13.0 Å². The van der Waals surface area contributed by atoms with Crippen molar-refractivity contribution in [3.05, 3.63) is 29.6 Å². The van der Waals surface area contributed by atoms with Crippen molar-refractivity contribution in [2.75, 3.05) is 13.7 Å². The van der Waals surface area contributed by atoms with Gasteiger partial charge in [0.1, 0.15) is 0 Å². The highest BCUT2D eigenvalue weighted by Crippen LogP contribution is 2.04. The molecule has 0 amide bonds. The van der Waals surface area contributed by atoms with Crippen LogP contribution in [-0.4, -0.2) is 24.6 Å². The third-order valence-electron chi connectivity index (χ3n) is 2.52. The normalized spacial score (nSPS) is 12.2. The van der Waals surface area contributed by atoms with Gasteiger partial charge in [-0.05, 0) is 24.1 Å². The lowest BCUT2D eigenvalue weighted by molar-refractivity contribution is -0.144. The van der Waals surface area contributed by atoms with Crippen LogP contribution < -0.4 is 5.32 Å². The van der Waals surface area contributed by atoms with E-state index in [1.54, 1.807) is 6.20 Å². The van der Waals surface area contributed by atoms with Gasteiger partial charge in [-0.3, -0.25) is 9.78 Å². The minimum absolute atomic E-state index is 0.123. The Bertz CT molecular complexity index is 353. The minimum Gasteiger partial charge on any atom is -0.469 e. The van der Waals surface area contributed by atoms with Crippen molar-refractivity contribution in [1.29, 1.82) is 0 Å². The summed E-state index contributed by atoms with van der Waals surface area (Å²) in [6.45, 7) is 5.22. The van der Waals surface area contributed by atoms with Gasteiger partial charge in [0.25, 0.3) is 0 Å². The van der Waals surface area contributed by atoms with Crippen LogP contribution in [0.5, 0.6) is 0 Å². The average Bonchev–Trinajstić information content (AvgIpc) is 2.30. The maximum absolute atomic E-state index is 11.1. The molecule has 88 valence electrons. The molecule has 1 rings (SSSR count). The zero-order valence-corrected chi connectivity index (χ0v) is 9.99. The molecule has 0 aliphatic heterocycles. The van der Waals surface area contributed by atoms with Gasteiger partial charge in [-0.15, -0.1) is 0 Å². The summed E-state index contributed by atoms with van der Waals surface area (Å²) in [6, 6.07) is 1.97. The van der Waals surface area contributed by atoms with E-state index in [1.807, 2.05) is 26.1 Å². The number of aryl methyl sites for hydroxylation is 1. The first-order chi connectivity index (χ1) is 7.65. The monoisotopic (exact) mass is 222 g/mol. The minimum atomic E-state index is -0.185. The molecule has 1 heterocycles. The van der Waals surface area contributed by atoms with Crippen LogP contribution in [0, 0.1) is 12.8 Å². The summed E-state index contributed by atoms with van der Waals surface area (Å²) >= 11 is 0.